The van der Waals surface area contributed by atoms with E-state index in [4.69, 9.17) is 38.3 Å². The minimum atomic E-state index is -0.218. The highest BCUT2D eigenvalue weighted by Crippen LogP contribution is 2.35. The molecule has 3 fully saturated rings. The normalized spacial score (nSPS) is 21.5. The van der Waals surface area contributed by atoms with Crippen molar-refractivity contribution in [3.8, 4) is 11.8 Å². The van der Waals surface area contributed by atoms with Crippen molar-refractivity contribution in [3.05, 3.63) is 39.9 Å². The third-order valence-electron chi connectivity index (χ3n) is 7.89. The van der Waals surface area contributed by atoms with E-state index in [0.29, 0.717) is 44.8 Å². The van der Waals surface area contributed by atoms with Crippen LogP contribution in [0.2, 0.25) is 10.2 Å². The monoisotopic (exact) mass is 539 g/mol. The van der Waals surface area contributed by atoms with Gasteiger partial charge in [-0.1, -0.05) is 29.1 Å². The fourth-order valence-electron chi connectivity index (χ4n) is 5.48. The molecule has 0 amide bonds. The summed E-state index contributed by atoms with van der Waals surface area (Å²) in [6.45, 7) is 7.15. The van der Waals surface area contributed by atoms with Gasteiger partial charge in [-0.2, -0.15) is 5.10 Å². The predicted octanol–water partition coefficient (Wildman–Crippen LogP) is 4.04. The lowest BCUT2D eigenvalue weighted by atomic mass is 9.80. The van der Waals surface area contributed by atoms with Crippen molar-refractivity contribution in [3.63, 3.8) is 0 Å². The van der Waals surface area contributed by atoms with E-state index in [1.165, 1.54) is 12.8 Å². The summed E-state index contributed by atoms with van der Waals surface area (Å²) in [5.74, 6) is 9.20. The maximum Gasteiger partial charge on any atom is 0.180 e. The SMILES string of the molecule is C[C@H](c1cnc(Cl)cc1Cl)n1nc(C#CC2CC2)c2ncc(N3CC([C@H]4CCCN(CCO)C4)C3)nc21. The highest BCUT2D eigenvalue weighted by atomic mass is 35.5. The Morgan fingerprint density at radius 3 is 2.70 bits per heavy atom. The van der Waals surface area contributed by atoms with Crippen molar-refractivity contribution in [2.45, 2.75) is 38.6 Å². The Hall–Kier alpha value is -2.44. The summed E-state index contributed by atoms with van der Waals surface area (Å²) in [5.41, 5.74) is 2.88. The molecule has 0 unspecified atom stereocenters. The molecular weight excluding hydrogens is 509 g/mol. The topological polar surface area (TPSA) is 83.2 Å². The van der Waals surface area contributed by atoms with Crippen LogP contribution in [0.4, 0.5) is 5.82 Å². The number of halogens is 2. The summed E-state index contributed by atoms with van der Waals surface area (Å²) in [5, 5.41) is 15.1. The number of aromatic nitrogens is 5. The first kappa shape index (κ1) is 24.9. The van der Waals surface area contributed by atoms with Crippen molar-refractivity contribution >= 4 is 40.2 Å². The second-order valence-corrected chi connectivity index (χ2v) is 11.3. The van der Waals surface area contributed by atoms with Crippen LogP contribution < -0.4 is 4.90 Å². The lowest BCUT2D eigenvalue weighted by Crippen LogP contribution is -2.54. The lowest BCUT2D eigenvalue weighted by molar-refractivity contribution is 0.101. The van der Waals surface area contributed by atoms with E-state index in [2.05, 4.69) is 26.6 Å². The van der Waals surface area contributed by atoms with Crippen LogP contribution in [0.25, 0.3) is 11.2 Å². The van der Waals surface area contributed by atoms with Crippen LogP contribution in [-0.2, 0) is 0 Å². The number of piperidine rings is 1. The highest BCUT2D eigenvalue weighted by molar-refractivity contribution is 6.34. The first-order chi connectivity index (χ1) is 18.0. The number of hydrogen-bond donors (Lipinski definition) is 1. The van der Waals surface area contributed by atoms with Crippen LogP contribution in [-0.4, -0.2) is 74.1 Å². The molecular formula is C27H31Cl2N7O. The zero-order valence-electron chi connectivity index (χ0n) is 20.9. The van der Waals surface area contributed by atoms with E-state index in [-0.39, 0.29) is 12.6 Å². The molecule has 10 heteroatoms. The molecule has 3 aromatic rings. The zero-order chi connectivity index (χ0) is 25.5. The number of likely N-dealkylation sites (tertiary alicyclic amines) is 1. The molecule has 0 aromatic carbocycles. The third kappa shape index (κ3) is 5.15. The Labute approximate surface area is 227 Å². The van der Waals surface area contributed by atoms with Crippen molar-refractivity contribution in [1.82, 2.24) is 29.6 Å². The summed E-state index contributed by atoms with van der Waals surface area (Å²) in [7, 11) is 0. The number of anilines is 1. The number of nitrogens with zero attached hydrogens (tertiary/aromatic N) is 7. The largest absolute Gasteiger partial charge is 0.395 e. The lowest BCUT2D eigenvalue weighted by Gasteiger charge is -2.47. The number of aliphatic hydroxyl groups is 1. The van der Waals surface area contributed by atoms with Crippen LogP contribution in [0.3, 0.4) is 0 Å². The molecule has 1 aliphatic carbocycles. The highest BCUT2D eigenvalue weighted by Gasteiger charge is 2.36. The molecule has 37 heavy (non-hydrogen) atoms. The summed E-state index contributed by atoms with van der Waals surface area (Å²) < 4.78 is 1.87. The summed E-state index contributed by atoms with van der Waals surface area (Å²) in [6, 6.07) is 1.43. The summed E-state index contributed by atoms with van der Waals surface area (Å²) in [6.07, 6.45) is 8.32. The number of pyridine rings is 1. The average molecular weight is 540 g/mol. The molecule has 3 aromatic heterocycles. The van der Waals surface area contributed by atoms with Gasteiger partial charge in [0.15, 0.2) is 11.3 Å². The van der Waals surface area contributed by atoms with E-state index in [1.807, 2.05) is 17.8 Å². The Kier molecular flexibility index (Phi) is 6.97. The van der Waals surface area contributed by atoms with Crippen LogP contribution in [0, 0.1) is 29.6 Å². The first-order valence-corrected chi connectivity index (χ1v) is 13.9. The van der Waals surface area contributed by atoms with Crippen LogP contribution in [0.15, 0.2) is 18.5 Å². The van der Waals surface area contributed by atoms with Gasteiger partial charge < -0.3 is 14.9 Å². The van der Waals surface area contributed by atoms with Gasteiger partial charge in [-0.3, -0.25) is 0 Å². The molecule has 0 radical (unpaired) electrons. The van der Waals surface area contributed by atoms with Gasteiger partial charge in [-0.15, -0.1) is 0 Å². The average Bonchev–Trinajstić information content (AvgIpc) is 3.62. The molecule has 1 saturated carbocycles. The van der Waals surface area contributed by atoms with Crippen LogP contribution >= 0.6 is 23.2 Å². The number of rotatable bonds is 6. The van der Waals surface area contributed by atoms with Crippen molar-refractivity contribution in [1.29, 1.82) is 0 Å². The quantitative estimate of drug-likeness (QED) is 0.373. The second-order valence-electron chi connectivity index (χ2n) is 10.5. The number of aliphatic hydroxyl groups excluding tert-OH is 1. The van der Waals surface area contributed by atoms with E-state index < -0.39 is 0 Å². The van der Waals surface area contributed by atoms with Gasteiger partial charge >= 0.3 is 0 Å². The summed E-state index contributed by atoms with van der Waals surface area (Å²) in [4.78, 5) is 18.8. The number of β-amino-alcohol motifs (C(OH)–C–C–N with tert-alkyl or cyclic N) is 1. The fraction of sp³-hybridized carbons (Fsp3) is 0.556. The van der Waals surface area contributed by atoms with Gasteiger partial charge in [0, 0.05) is 43.9 Å². The molecule has 194 valence electrons. The molecule has 1 N–H and O–H groups in total. The number of fused-ring (bicyclic) bond motifs is 1. The minimum absolute atomic E-state index is 0.218. The standard InChI is InChI=1S/C27H31Cl2N7O/c1-17(21-12-30-24(29)11-22(21)28)36-27-26(23(33-36)7-6-18-4-5-18)31-13-25(32-27)35-15-20(16-35)19-3-2-8-34(14-19)9-10-37/h11-13,17-20,37H,2-5,8-10,14-16H2,1H3/t17-,19+/m1/s1. The van der Waals surface area contributed by atoms with Gasteiger partial charge in [-0.05, 0) is 63.0 Å². The van der Waals surface area contributed by atoms with Gasteiger partial charge in [0.05, 0.1) is 23.9 Å². The third-order valence-corrected chi connectivity index (χ3v) is 8.42. The van der Waals surface area contributed by atoms with Crippen molar-refractivity contribution in [2.75, 3.05) is 44.2 Å². The Bertz CT molecular complexity index is 1350. The molecule has 3 aliphatic rings. The Morgan fingerprint density at radius 1 is 1.11 bits per heavy atom. The molecule has 6 rings (SSSR count). The van der Waals surface area contributed by atoms with E-state index in [9.17, 15) is 5.11 Å². The second kappa shape index (κ2) is 10.4. The van der Waals surface area contributed by atoms with Gasteiger partial charge in [0.2, 0.25) is 0 Å². The summed E-state index contributed by atoms with van der Waals surface area (Å²) >= 11 is 12.6. The van der Waals surface area contributed by atoms with Gasteiger partial charge in [-0.25, -0.2) is 19.6 Å². The molecule has 2 atom stereocenters. The van der Waals surface area contributed by atoms with E-state index >= 15 is 0 Å². The minimum Gasteiger partial charge on any atom is -0.395 e. The molecule has 8 nitrogen and oxygen atoms in total. The smallest absolute Gasteiger partial charge is 0.180 e. The van der Waals surface area contributed by atoms with Crippen molar-refractivity contribution < 1.29 is 5.11 Å². The Balaban J connectivity index is 1.27. The van der Waals surface area contributed by atoms with Gasteiger partial charge in [0.1, 0.15) is 16.5 Å². The molecule has 5 heterocycles. The molecule has 2 aliphatic heterocycles. The van der Waals surface area contributed by atoms with Crippen LogP contribution in [0.5, 0.6) is 0 Å². The van der Waals surface area contributed by atoms with E-state index in [0.717, 1.165) is 56.9 Å². The molecule has 0 bridgehead atoms. The fourth-order valence-corrected chi connectivity index (χ4v) is 6.00. The van der Waals surface area contributed by atoms with Gasteiger partial charge in [0.25, 0.3) is 0 Å². The maximum absolute atomic E-state index is 9.32. The van der Waals surface area contributed by atoms with E-state index in [1.54, 1.807) is 12.3 Å². The maximum atomic E-state index is 9.32. The molecule has 2 saturated heterocycles. The Morgan fingerprint density at radius 2 is 1.95 bits per heavy atom. The van der Waals surface area contributed by atoms with Crippen LogP contribution in [0.1, 0.15) is 49.9 Å². The predicted molar refractivity (Wildman–Crippen MR) is 145 cm³/mol. The first-order valence-electron chi connectivity index (χ1n) is 13.2. The zero-order valence-corrected chi connectivity index (χ0v) is 22.5. The molecule has 0 spiro atoms. The van der Waals surface area contributed by atoms with Crippen molar-refractivity contribution in [2.24, 2.45) is 17.8 Å². The number of hydrogen-bond acceptors (Lipinski definition) is 7.